The van der Waals surface area contributed by atoms with Crippen molar-refractivity contribution in [1.82, 2.24) is 0 Å². The van der Waals surface area contributed by atoms with Crippen molar-refractivity contribution in [3.8, 4) is 0 Å². The molecule has 0 amide bonds. The van der Waals surface area contributed by atoms with Crippen LogP contribution in [-0.2, 0) is 17.1 Å². The van der Waals surface area contributed by atoms with Crippen molar-refractivity contribution in [2.45, 2.75) is 45.0 Å². The Hall–Kier alpha value is -2.83. The third kappa shape index (κ3) is 4.25. The third-order valence-corrected chi connectivity index (χ3v) is 7.00. The summed E-state index contributed by atoms with van der Waals surface area (Å²) in [5.41, 5.74) is -0.536. The fourth-order valence-electron chi connectivity index (χ4n) is 5.17. The number of carbonyl (C=O) groups is 1. The van der Waals surface area contributed by atoms with E-state index in [0.717, 1.165) is 29.8 Å². The van der Waals surface area contributed by atoms with Crippen LogP contribution in [0.3, 0.4) is 0 Å². The van der Waals surface area contributed by atoms with Crippen molar-refractivity contribution in [3.63, 3.8) is 0 Å². The van der Waals surface area contributed by atoms with Gasteiger partial charge in [-0.05, 0) is 54.3 Å². The fourth-order valence-corrected chi connectivity index (χ4v) is 5.17. The Morgan fingerprint density at radius 1 is 0.818 bits per heavy atom. The van der Waals surface area contributed by atoms with Crippen LogP contribution in [0, 0.1) is 10.8 Å². The molecular formula is C26H22F6O. The second kappa shape index (κ2) is 7.61. The topological polar surface area (TPSA) is 17.1 Å². The molecule has 33 heavy (non-hydrogen) atoms. The van der Waals surface area contributed by atoms with Crippen LogP contribution in [0.2, 0.25) is 0 Å². The van der Waals surface area contributed by atoms with Crippen LogP contribution in [0.4, 0.5) is 26.3 Å². The molecule has 0 aliphatic heterocycles. The summed E-state index contributed by atoms with van der Waals surface area (Å²) in [7, 11) is 0. The molecule has 0 aromatic heterocycles. The molecule has 2 aromatic rings. The Morgan fingerprint density at radius 2 is 1.33 bits per heavy atom. The van der Waals surface area contributed by atoms with Gasteiger partial charge in [-0.25, -0.2) is 0 Å². The maximum atomic E-state index is 13.0. The lowest BCUT2D eigenvalue weighted by molar-refractivity contribution is -0.138. The van der Waals surface area contributed by atoms with Gasteiger partial charge >= 0.3 is 12.4 Å². The van der Waals surface area contributed by atoms with E-state index >= 15 is 0 Å². The maximum absolute atomic E-state index is 13.0. The van der Waals surface area contributed by atoms with Gasteiger partial charge in [0.05, 0.1) is 11.1 Å². The number of allylic oxidation sites excluding steroid dienone is 3. The van der Waals surface area contributed by atoms with Gasteiger partial charge in [0, 0.05) is 23.2 Å². The maximum Gasteiger partial charge on any atom is 0.416 e. The molecule has 1 nitrogen and oxygen atoms in total. The molecule has 1 saturated carbocycles. The van der Waals surface area contributed by atoms with Gasteiger partial charge in [0.1, 0.15) is 5.78 Å². The molecular weight excluding hydrogens is 442 g/mol. The predicted octanol–water partition coefficient (Wildman–Crippen LogP) is 7.84. The Kier molecular flexibility index (Phi) is 5.38. The molecule has 0 radical (unpaired) electrons. The van der Waals surface area contributed by atoms with Crippen molar-refractivity contribution >= 4 is 11.9 Å². The standard InChI is InChI=1S/C26H22F6O/c1-23-14-20(10-5-16-3-8-18(9-4-16)25(27,28)29)24(2,15-23)21(13-22(23)33)17-6-11-19(12-7-17)26(30,31)32/h3-12,14,21H,13,15H2,1-2H3/b10-5+/t21-,23+,24-/m0/s1. The summed E-state index contributed by atoms with van der Waals surface area (Å²) >= 11 is 0. The number of ketones is 1. The van der Waals surface area contributed by atoms with Gasteiger partial charge in [-0.15, -0.1) is 0 Å². The highest BCUT2D eigenvalue weighted by molar-refractivity contribution is 5.90. The Bertz CT molecular complexity index is 1120. The van der Waals surface area contributed by atoms with Gasteiger partial charge in [0.25, 0.3) is 0 Å². The second-order valence-corrected chi connectivity index (χ2v) is 9.36. The average Bonchev–Trinajstić information content (AvgIpc) is 2.97. The molecule has 7 heteroatoms. The van der Waals surface area contributed by atoms with Gasteiger partial charge in [-0.2, -0.15) is 26.3 Å². The third-order valence-electron chi connectivity index (χ3n) is 7.00. The molecule has 0 unspecified atom stereocenters. The molecule has 2 aliphatic carbocycles. The second-order valence-electron chi connectivity index (χ2n) is 9.36. The van der Waals surface area contributed by atoms with Crippen molar-refractivity contribution in [2.75, 3.05) is 0 Å². The van der Waals surface area contributed by atoms with Crippen LogP contribution < -0.4 is 0 Å². The van der Waals surface area contributed by atoms with Crippen LogP contribution in [-0.4, -0.2) is 5.78 Å². The molecule has 0 N–H and O–H groups in total. The van der Waals surface area contributed by atoms with Crippen LogP contribution >= 0.6 is 0 Å². The molecule has 2 aliphatic rings. The van der Waals surface area contributed by atoms with Crippen LogP contribution in [0.25, 0.3) is 6.08 Å². The zero-order chi connectivity index (χ0) is 24.2. The highest BCUT2D eigenvalue weighted by Gasteiger charge is 2.55. The first-order valence-corrected chi connectivity index (χ1v) is 10.5. The molecule has 0 spiro atoms. The van der Waals surface area contributed by atoms with Gasteiger partial charge < -0.3 is 0 Å². The number of hydrogen-bond acceptors (Lipinski definition) is 1. The molecule has 0 saturated heterocycles. The highest BCUT2D eigenvalue weighted by atomic mass is 19.4. The van der Waals surface area contributed by atoms with Crippen molar-refractivity contribution in [2.24, 2.45) is 10.8 Å². The van der Waals surface area contributed by atoms with Gasteiger partial charge in [0.2, 0.25) is 0 Å². The highest BCUT2D eigenvalue weighted by Crippen LogP contribution is 2.61. The Labute approximate surface area is 187 Å². The summed E-state index contributed by atoms with van der Waals surface area (Å²) in [6, 6.07) is 9.72. The lowest BCUT2D eigenvalue weighted by Crippen LogP contribution is -2.39. The lowest BCUT2D eigenvalue weighted by Gasteiger charge is -2.43. The summed E-state index contributed by atoms with van der Waals surface area (Å²) in [5.74, 6) is -0.269. The number of hydrogen-bond donors (Lipinski definition) is 0. The molecule has 3 atom stereocenters. The van der Waals surface area contributed by atoms with E-state index in [1.807, 2.05) is 26.0 Å². The molecule has 1 fully saturated rings. The molecule has 4 rings (SSSR count). The minimum atomic E-state index is -4.44. The summed E-state index contributed by atoms with van der Waals surface area (Å²) in [5, 5.41) is 0. The normalized spacial score (nSPS) is 27.8. The summed E-state index contributed by atoms with van der Waals surface area (Å²) in [4.78, 5) is 12.9. The van der Waals surface area contributed by atoms with Gasteiger partial charge in [-0.1, -0.05) is 49.4 Å². The monoisotopic (exact) mass is 464 g/mol. The number of halogens is 6. The zero-order valence-corrected chi connectivity index (χ0v) is 18.0. The number of Topliss-reactive ketones (excluding diaryl/α,β-unsaturated/α-hetero) is 1. The fraction of sp³-hybridized carbons (Fsp3) is 0.346. The van der Waals surface area contributed by atoms with Crippen molar-refractivity contribution in [1.29, 1.82) is 0 Å². The first-order chi connectivity index (χ1) is 15.2. The van der Waals surface area contributed by atoms with Gasteiger partial charge in [0.15, 0.2) is 0 Å². The Morgan fingerprint density at radius 3 is 1.85 bits per heavy atom. The summed E-state index contributed by atoms with van der Waals surface area (Å²) in [6.45, 7) is 3.85. The van der Waals surface area contributed by atoms with E-state index in [2.05, 4.69) is 0 Å². The van der Waals surface area contributed by atoms with Crippen LogP contribution in [0.5, 0.6) is 0 Å². The number of benzene rings is 2. The predicted molar refractivity (Wildman–Crippen MR) is 113 cm³/mol. The summed E-state index contributed by atoms with van der Waals surface area (Å²) < 4.78 is 77.3. The average molecular weight is 464 g/mol. The smallest absolute Gasteiger partial charge is 0.299 e. The number of carbonyl (C=O) groups excluding carboxylic acids is 1. The van der Waals surface area contributed by atoms with Crippen molar-refractivity contribution < 1.29 is 31.1 Å². The lowest BCUT2D eigenvalue weighted by atomic mass is 9.59. The van der Waals surface area contributed by atoms with Crippen LogP contribution in [0.1, 0.15) is 54.9 Å². The number of fused-ring (bicyclic) bond motifs is 2. The SMILES string of the molecule is C[C@]12C[C@@](C)(C=C1/C=C/c1ccc(C(F)(F)F)cc1)C(=O)C[C@H]2c1ccc(C(F)(F)F)cc1. The van der Waals surface area contributed by atoms with E-state index in [1.54, 1.807) is 6.08 Å². The Balaban J connectivity index is 1.65. The van der Waals surface area contributed by atoms with E-state index in [4.69, 9.17) is 0 Å². The van der Waals surface area contributed by atoms with E-state index in [-0.39, 0.29) is 18.1 Å². The van der Waals surface area contributed by atoms with Crippen molar-refractivity contribution in [3.05, 3.63) is 88.5 Å². The zero-order valence-electron chi connectivity index (χ0n) is 18.0. The number of rotatable bonds is 3. The quantitative estimate of drug-likeness (QED) is 0.423. The van der Waals surface area contributed by atoms with Gasteiger partial charge in [-0.3, -0.25) is 4.79 Å². The molecule has 2 bridgehead atoms. The first-order valence-electron chi connectivity index (χ1n) is 10.5. The van der Waals surface area contributed by atoms with Crippen LogP contribution in [0.15, 0.2) is 66.3 Å². The summed E-state index contributed by atoms with van der Waals surface area (Å²) in [6.07, 6.45) is -2.69. The molecule has 174 valence electrons. The van der Waals surface area contributed by atoms with E-state index in [0.29, 0.717) is 17.5 Å². The first kappa shape index (κ1) is 23.3. The molecule has 2 aromatic carbocycles. The molecule has 0 heterocycles. The number of alkyl halides is 6. The van der Waals surface area contributed by atoms with E-state index in [1.165, 1.54) is 24.3 Å². The minimum Gasteiger partial charge on any atom is -0.299 e. The van der Waals surface area contributed by atoms with E-state index < -0.39 is 34.3 Å². The minimum absolute atomic E-state index is 0.0304. The van der Waals surface area contributed by atoms with E-state index in [9.17, 15) is 31.1 Å². The largest absolute Gasteiger partial charge is 0.416 e.